The van der Waals surface area contributed by atoms with Crippen LogP contribution < -0.4 is 29.6 Å². The predicted molar refractivity (Wildman–Crippen MR) is 66.9 cm³/mol. The van der Waals surface area contributed by atoms with Crippen molar-refractivity contribution in [1.29, 1.82) is 0 Å². The maximum Gasteiger partial charge on any atom is 1.00 e. The van der Waals surface area contributed by atoms with Crippen LogP contribution in [-0.2, 0) is 10.1 Å². The molecule has 0 amide bonds. The zero-order valence-corrected chi connectivity index (χ0v) is 14.3. The van der Waals surface area contributed by atoms with Crippen LogP contribution in [0.1, 0.15) is 45.1 Å². The summed E-state index contributed by atoms with van der Waals surface area (Å²) in [5.74, 6) is 1.03. The van der Waals surface area contributed by atoms with E-state index >= 15 is 0 Å². The van der Waals surface area contributed by atoms with Crippen molar-refractivity contribution in [3.63, 3.8) is 0 Å². The summed E-state index contributed by atoms with van der Waals surface area (Å²) in [6.07, 6.45) is 2.08. The van der Waals surface area contributed by atoms with Crippen molar-refractivity contribution in [2.45, 2.75) is 44.4 Å². The first kappa shape index (κ1) is 18.1. The van der Waals surface area contributed by atoms with Crippen molar-refractivity contribution in [2.75, 3.05) is 0 Å². The summed E-state index contributed by atoms with van der Waals surface area (Å²) >= 11 is 0. The van der Waals surface area contributed by atoms with Crippen molar-refractivity contribution in [1.82, 2.24) is 0 Å². The fourth-order valence-corrected chi connectivity index (χ4v) is 2.48. The van der Waals surface area contributed by atoms with Crippen molar-refractivity contribution >= 4 is 10.1 Å². The Labute approximate surface area is 132 Å². The molecule has 0 aliphatic carbocycles. The van der Waals surface area contributed by atoms with Gasteiger partial charge in [-0.2, -0.15) is 0 Å². The Balaban J connectivity index is 0.00000289. The SMILES string of the molecule is CCC(CC(C)C)c1ccc(S(=O)(=O)[O-])cc1.[Na+]. The van der Waals surface area contributed by atoms with Crippen molar-refractivity contribution in [3.05, 3.63) is 29.8 Å². The average molecular weight is 278 g/mol. The second kappa shape index (κ2) is 7.65. The van der Waals surface area contributed by atoms with Gasteiger partial charge in [0.1, 0.15) is 10.1 Å². The monoisotopic (exact) mass is 278 g/mol. The van der Waals surface area contributed by atoms with Gasteiger partial charge in [0.05, 0.1) is 4.90 Å². The summed E-state index contributed by atoms with van der Waals surface area (Å²) in [4.78, 5) is -0.152. The molecule has 0 heterocycles. The molecule has 0 N–H and O–H groups in total. The molecule has 3 nitrogen and oxygen atoms in total. The van der Waals surface area contributed by atoms with Gasteiger partial charge in [0.2, 0.25) is 0 Å². The zero-order chi connectivity index (χ0) is 13.1. The van der Waals surface area contributed by atoms with E-state index in [0.717, 1.165) is 18.4 Å². The van der Waals surface area contributed by atoms with E-state index in [1.165, 1.54) is 12.1 Å². The topological polar surface area (TPSA) is 57.2 Å². The summed E-state index contributed by atoms with van der Waals surface area (Å²) in [7, 11) is -4.33. The molecule has 0 aliphatic rings. The largest absolute Gasteiger partial charge is 1.00 e. The molecule has 1 aromatic carbocycles. The van der Waals surface area contributed by atoms with E-state index in [1.54, 1.807) is 12.1 Å². The Bertz CT molecular complexity index is 452. The maximum absolute atomic E-state index is 10.8. The van der Waals surface area contributed by atoms with Crippen LogP contribution in [0.15, 0.2) is 29.2 Å². The van der Waals surface area contributed by atoms with Crippen LogP contribution in [0.3, 0.4) is 0 Å². The van der Waals surface area contributed by atoms with E-state index < -0.39 is 10.1 Å². The second-order valence-electron chi connectivity index (χ2n) is 4.76. The van der Waals surface area contributed by atoms with Crippen LogP contribution in [0.5, 0.6) is 0 Å². The minimum Gasteiger partial charge on any atom is -0.744 e. The average Bonchev–Trinajstić information content (AvgIpc) is 2.24. The molecule has 0 fully saturated rings. The van der Waals surface area contributed by atoms with E-state index in [0.29, 0.717) is 11.8 Å². The van der Waals surface area contributed by atoms with Gasteiger partial charge in [0.15, 0.2) is 0 Å². The summed E-state index contributed by atoms with van der Waals surface area (Å²) < 4.78 is 32.4. The molecular weight excluding hydrogens is 259 g/mol. The van der Waals surface area contributed by atoms with Gasteiger partial charge in [-0.25, -0.2) is 8.42 Å². The molecule has 18 heavy (non-hydrogen) atoms. The van der Waals surface area contributed by atoms with Gasteiger partial charge in [-0.3, -0.25) is 0 Å². The molecule has 96 valence electrons. The molecule has 0 spiro atoms. The third kappa shape index (κ3) is 5.41. The first-order valence-electron chi connectivity index (χ1n) is 5.90. The first-order chi connectivity index (χ1) is 7.84. The third-order valence-electron chi connectivity index (χ3n) is 2.89. The maximum atomic E-state index is 10.8. The van der Waals surface area contributed by atoms with Crippen LogP contribution in [0, 0.1) is 5.92 Å². The number of rotatable bonds is 5. The van der Waals surface area contributed by atoms with Crippen molar-refractivity contribution in [3.8, 4) is 0 Å². The normalized spacial score (nSPS) is 13.2. The van der Waals surface area contributed by atoms with E-state index in [4.69, 9.17) is 0 Å². The molecule has 5 heteroatoms. The molecule has 0 saturated heterocycles. The summed E-state index contributed by atoms with van der Waals surface area (Å²) in [6, 6.07) is 6.31. The molecule has 0 aromatic heterocycles. The van der Waals surface area contributed by atoms with E-state index in [1.807, 2.05) is 0 Å². The minimum atomic E-state index is -4.33. The third-order valence-corrected chi connectivity index (χ3v) is 3.74. The van der Waals surface area contributed by atoms with E-state index in [-0.39, 0.29) is 34.5 Å². The van der Waals surface area contributed by atoms with Gasteiger partial charge in [0, 0.05) is 0 Å². The van der Waals surface area contributed by atoms with E-state index in [2.05, 4.69) is 20.8 Å². The fraction of sp³-hybridized carbons (Fsp3) is 0.538. The second-order valence-corrected chi connectivity index (χ2v) is 6.14. The Morgan fingerprint density at radius 1 is 1.17 bits per heavy atom. The molecule has 1 rings (SSSR count). The molecular formula is C13H19NaO3S. The van der Waals surface area contributed by atoms with Crippen LogP contribution in [0.25, 0.3) is 0 Å². The fourth-order valence-electron chi connectivity index (χ4n) is 2.01. The predicted octanol–water partition coefficient (Wildman–Crippen LogP) is 0.134. The molecule has 0 bridgehead atoms. The van der Waals surface area contributed by atoms with Crippen LogP contribution in [0.4, 0.5) is 0 Å². The molecule has 1 atom stereocenters. The van der Waals surface area contributed by atoms with Crippen molar-refractivity contribution in [2.24, 2.45) is 5.92 Å². The first-order valence-corrected chi connectivity index (χ1v) is 7.31. The molecule has 0 aliphatic heterocycles. The Morgan fingerprint density at radius 2 is 1.67 bits per heavy atom. The standard InChI is InChI=1S/C13H20O3S.Na/c1-4-11(9-10(2)3)12-5-7-13(8-6-12)17(14,15)16;/h5-8,10-11H,4,9H2,1-3H3,(H,14,15,16);/q;+1/p-1. The summed E-state index contributed by atoms with van der Waals surface area (Å²) in [5, 5.41) is 0. The quantitative estimate of drug-likeness (QED) is 0.568. The molecule has 0 saturated carbocycles. The van der Waals surface area contributed by atoms with Crippen LogP contribution in [0.2, 0.25) is 0 Å². The van der Waals surface area contributed by atoms with Gasteiger partial charge in [-0.15, -0.1) is 0 Å². The Hall–Kier alpha value is 0.130. The number of benzene rings is 1. The van der Waals surface area contributed by atoms with Crippen molar-refractivity contribution < 1.29 is 42.5 Å². The van der Waals surface area contributed by atoms with Gasteiger partial charge in [-0.1, -0.05) is 32.9 Å². The summed E-state index contributed by atoms with van der Waals surface area (Å²) in [6.45, 7) is 6.45. The van der Waals surface area contributed by atoms with Crippen LogP contribution >= 0.6 is 0 Å². The van der Waals surface area contributed by atoms with Gasteiger partial charge in [-0.05, 0) is 42.4 Å². The zero-order valence-electron chi connectivity index (χ0n) is 11.5. The molecule has 1 aromatic rings. The van der Waals surface area contributed by atoms with E-state index in [9.17, 15) is 13.0 Å². The smallest absolute Gasteiger partial charge is 0.744 e. The number of hydrogen-bond acceptors (Lipinski definition) is 3. The van der Waals surface area contributed by atoms with Gasteiger partial charge < -0.3 is 4.55 Å². The Morgan fingerprint density at radius 3 is 2.00 bits per heavy atom. The Kier molecular flexibility index (Phi) is 7.71. The minimum absolute atomic E-state index is 0. The van der Waals surface area contributed by atoms with Crippen LogP contribution in [-0.4, -0.2) is 13.0 Å². The number of hydrogen-bond donors (Lipinski definition) is 0. The summed E-state index contributed by atoms with van der Waals surface area (Å²) in [5.41, 5.74) is 1.11. The molecule has 0 radical (unpaired) electrons. The van der Waals surface area contributed by atoms with Gasteiger partial charge >= 0.3 is 29.6 Å². The molecule has 1 unspecified atom stereocenters. The van der Waals surface area contributed by atoms with Gasteiger partial charge in [0.25, 0.3) is 0 Å².